The van der Waals surface area contributed by atoms with Crippen molar-refractivity contribution < 1.29 is 68.2 Å². The van der Waals surface area contributed by atoms with Crippen molar-refractivity contribution in [3.63, 3.8) is 0 Å². The number of anilines is 1. The second kappa shape index (κ2) is 12.7. The van der Waals surface area contributed by atoms with Crippen molar-refractivity contribution >= 4 is 25.5 Å². The quantitative estimate of drug-likeness (QED) is 0.108. The van der Waals surface area contributed by atoms with Crippen LogP contribution in [0.3, 0.4) is 0 Å². The lowest BCUT2D eigenvalue weighted by atomic mass is 9.88. The third kappa shape index (κ3) is 7.25. The molecule has 0 radical (unpaired) electrons. The van der Waals surface area contributed by atoms with E-state index in [4.69, 9.17) is 20.9 Å². The fourth-order valence-electron chi connectivity index (χ4n) is 4.33. The number of phosphoric acid groups is 1. The first-order chi connectivity index (χ1) is 19.0. The van der Waals surface area contributed by atoms with Crippen LogP contribution in [0.4, 0.5) is 5.82 Å². The highest BCUT2D eigenvalue weighted by Crippen LogP contribution is 2.48. The number of nitrogens with two attached hydrogens (primary N) is 2. The van der Waals surface area contributed by atoms with Gasteiger partial charge in [0.25, 0.3) is 7.82 Å². The van der Waals surface area contributed by atoms with Gasteiger partial charge in [-0.3, -0.25) is 18.5 Å². The molecule has 0 bridgehead atoms. The molecule has 3 rings (SSSR count). The summed E-state index contributed by atoms with van der Waals surface area (Å²) in [5.74, 6) is -6.59. The number of carboxylic acids is 1. The van der Waals surface area contributed by atoms with Crippen molar-refractivity contribution in [1.82, 2.24) is 14.9 Å². The van der Waals surface area contributed by atoms with Crippen LogP contribution < -0.4 is 32.5 Å². The first kappa shape index (κ1) is 32.9. The number of phosphoric ester groups is 1. The first-order valence-electron chi connectivity index (χ1n) is 11.9. The number of nitrogen functional groups attached to an aromatic ring is 1. The van der Waals surface area contributed by atoms with Gasteiger partial charge in [0.05, 0.1) is 24.9 Å². The van der Waals surface area contributed by atoms with Crippen LogP contribution in [-0.4, -0.2) is 115 Å². The molecule has 0 aliphatic carbocycles. The van der Waals surface area contributed by atoms with Crippen molar-refractivity contribution in [1.29, 1.82) is 0 Å². The molecule has 3 heterocycles. The van der Waals surface area contributed by atoms with Gasteiger partial charge in [0.1, 0.15) is 42.3 Å². The maximum absolute atomic E-state index is 12.7. The predicted molar refractivity (Wildman–Crippen MR) is 125 cm³/mol. The van der Waals surface area contributed by atoms with Gasteiger partial charge in [-0.05, 0) is 6.07 Å². The Balaban J connectivity index is 1.79. The number of aromatic nitrogens is 2. The Labute approximate surface area is 230 Å². The minimum Gasteiger partial charge on any atom is -0.756 e. The van der Waals surface area contributed by atoms with Gasteiger partial charge in [-0.2, -0.15) is 4.98 Å². The number of nitrogens with one attached hydrogen (secondary N) is 1. The molecule has 1 aromatic heterocycles. The number of hydrogen-bond donors (Lipinski definition) is 8. The molecule has 232 valence electrons. The van der Waals surface area contributed by atoms with Gasteiger partial charge >= 0.3 is 5.69 Å². The number of rotatable bonds is 11. The van der Waals surface area contributed by atoms with Crippen LogP contribution in [-0.2, 0) is 32.7 Å². The highest BCUT2D eigenvalue weighted by Gasteiger charge is 2.54. The van der Waals surface area contributed by atoms with E-state index in [-0.39, 0.29) is 5.82 Å². The summed E-state index contributed by atoms with van der Waals surface area (Å²) in [5, 5.41) is 65.8. The molecule has 1 amide bonds. The fourth-order valence-corrected chi connectivity index (χ4v) is 5.27. The summed E-state index contributed by atoms with van der Waals surface area (Å²) in [6.45, 7) is -0.639. The molecule has 2 aliphatic rings. The van der Waals surface area contributed by atoms with E-state index in [1.54, 1.807) is 0 Å². The van der Waals surface area contributed by atoms with Crippen molar-refractivity contribution in [2.45, 2.75) is 74.1 Å². The molecular weight excluding hydrogens is 581 g/mol. The second-order valence-electron chi connectivity index (χ2n) is 9.34. The molecular formula is C20H30N5O15P-2. The van der Waals surface area contributed by atoms with Crippen LogP contribution in [0.5, 0.6) is 0 Å². The smallest absolute Gasteiger partial charge is 0.351 e. The van der Waals surface area contributed by atoms with Crippen molar-refractivity contribution in [3.8, 4) is 0 Å². The van der Waals surface area contributed by atoms with Crippen LogP contribution >= 0.6 is 7.82 Å². The SMILES string of the molecule is CC(=O)NC1C(O)CC(OP(=O)([O-])OCC2OC(n3ccc(N)nc3=O)C(O)C2O)(C(=O)[O-])OC1[C@H](O)[C@H](O)CN. The molecule has 9 unspecified atom stereocenters. The molecule has 2 saturated heterocycles. The van der Waals surface area contributed by atoms with Crippen LogP contribution in [0.2, 0.25) is 0 Å². The van der Waals surface area contributed by atoms with Gasteiger partial charge in [0.2, 0.25) is 11.7 Å². The summed E-state index contributed by atoms with van der Waals surface area (Å²) in [7, 11) is -5.78. The van der Waals surface area contributed by atoms with Crippen LogP contribution in [0, 0.1) is 0 Å². The molecule has 0 spiro atoms. The molecule has 10 N–H and O–H groups in total. The number of aliphatic hydroxyl groups excluding tert-OH is 5. The maximum atomic E-state index is 12.7. The Morgan fingerprint density at radius 3 is 2.56 bits per heavy atom. The zero-order valence-electron chi connectivity index (χ0n) is 21.3. The van der Waals surface area contributed by atoms with E-state index in [0.29, 0.717) is 0 Å². The Kier molecular flexibility index (Phi) is 10.2. The number of ether oxygens (including phenoxy) is 2. The lowest BCUT2D eigenvalue weighted by Crippen LogP contribution is -2.69. The number of hydrogen-bond acceptors (Lipinski definition) is 18. The summed E-state index contributed by atoms with van der Waals surface area (Å²) >= 11 is 0. The van der Waals surface area contributed by atoms with E-state index >= 15 is 0 Å². The number of aliphatic carboxylic acids is 1. The van der Waals surface area contributed by atoms with Gasteiger partial charge < -0.3 is 71.1 Å². The summed E-state index contributed by atoms with van der Waals surface area (Å²) in [6, 6.07) is -0.364. The van der Waals surface area contributed by atoms with Crippen molar-refractivity contribution in [2.24, 2.45) is 5.73 Å². The Morgan fingerprint density at radius 2 is 2.00 bits per heavy atom. The second-order valence-corrected chi connectivity index (χ2v) is 10.7. The van der Waals surface area contributed by atoms with E-state index in [2.05, 4.69) is 19.3 Å². The highest BCUT2D eigenvalue weighted by molar-refractivity contribution is 7.45. The molecule has 1 aromatic rings. The topological polar surface area (TPSA) is 334 Å². The largest absolute Gasteiger partial charge is 0.756 e. The molecule has 20 nitrogen and oxygen atoms in total. The van der Waals surface area contributed by atoms with Gasteiger partial charge in [-0.25, -0.2) is 4.79 Å². The third-order valence-electron chi connectivity index (χ3n) is 6.35. The fraction of sp³-hybridized carbons (Fsp3) is 0.700. The van der Waals surface area contributed by atoms with Gasteiger partial charge in [-0.15, -0.1) is 0 Å². The molecule has 11 atom stereocenters. The Morgan fingerprint density at radius 1 is 1.34 bits per heavy atom. The number of carbonyl (C=O) groups is 2. The molecule has 41 heavy (non-hydrogen) atoms. The summed E-state index contributed by atoms with van der Waals surface area (Å²) in [5.41, 5.74) is 9.75. The molecule has 2 aliphatic heterocycles. The summed E-state index contributed by atoms with van der Waals surface area (Å²) < 4.78 is 33.2. The van der Waals surface area contributed by atoms with Crippen LogP contribution in [0.15, 0.2) is 17.1 Å². The Bertz CT molecular complexity index is 1220. The lowest BCUT2D eigenvalue weighted by molar-refractivity contribution is -0.377. The zero-order valence-corrected chi connectivity index (χ0v) is 22.2. The van der Waals surface area contributed by atoms with E-state index in [9.17, 15) is 54.5 Å². The zero-order chi connectivity index (χ0) is 30.9. The minimum atomic E-state index is -5.78. The van der Waals surface area contributed by atoms with Crippen LogP contribution in [0.1, 0.15) is 19.6 Å². The van der Waals surface area contributed by atoms with Crippen molar-refractivity contribution in [2.75, 3.05) is 18.9 Å². The molecule has 0 saturated carbocycles. The average Bonchev–Trinajstić information content (AvgIpc) is 3.16. The minimum absolute atomic E-state index is 0.142. The monoisotopic (exact) mass is 611 g/mol. The standard InChI is InChI=1S/C20H32N5O15P/c1-7(26)23-12-8(27)4-20(18(32)33,39-16(12)13(29)9(28)5-21)40-41(35,36)37-6-10-14(30)15(31)17(38-10)25-3-2-11(22)24-19(25)34/h2-3,8-10,12-17,27-31H,4-6,21H2,1H3,(H,23,26)(H,32,33)(H,35,36)(H2,22,24,34)/p-2/t8?,9-,10?,12?,13-,14?,15?,16?,17?,20?/m1/s1. The van der Waals surface area contributed by atoms with E-state index in [1.165, 1.54) is 6.07 Å². The normalized spacial score (nSPS) is 34.9. The number of amides is 1. The molecule has 2 fully saturated rings. The number of nitrogens with zero attached hydrogens (tertiary/aromatic N) is 2. The number of carbonyl (C=O) groups excluding carboxylic acids is 2. The van der Waals surface area contributed by atoms with E-state index in [0.717, 1.165) is 17.7 Å². The number of carboxylic acid groups (broad SMARTS) is 1. The lowest BCUT2D eigenvalue weighted by Gasteiger charge is -2.50. The van der Waals surface area contributed by atoms with Gasteiger partial charge in [0.15, 0.2) is 6.23 Å². The van der Waals surface area contributed by atoms with Crippen molar-refractivity contribution in [3.05, 3.63) is 22.7 Å². The average molecular weight is 611 g/mol. The van der Waals surface area contributed by atoms with Gasteiger partial charge in [0, 0.05) is 26.1 Å². The third-order valence-corrected chi connectivity index (χ3v) is 7.33. The maximum Gasteiger partial charge on any atom is 0.351 e. The molecule has 21 heteroatoms. The predicted octanol–water partition coefficient (Wildman–Crippen LogP) is -7.27. The van der Waals surface area contributed by atoms with E-state index < -0.39 is 106 Å². The highest BCUT2D eigenvalue weighted by atomic mass is 31.2. The number of aliphatic hydroxyl groups is 5. The summed E-state index contributed by atoms with van der Waals surface area (Å²) in [6.07, 6.45) is -14.6. The molecule has 0 aromatic carbocycles. The van der Waals surface area contributed by atoms with Crippen LogP contribution in [0.25, 0.3) is 0 Å². The summed E-state index contributed by atoms with van der Waals surface area (Å²) in [4.78, 5) is 51.8. The van der Waals surface area contributed by atoms with Gasteiger partial charge in [-0.1, -0.05) is 0 Å². The van der Waals surface area contributed by atoms with E-state index in [1.807, 2.05) is 0 Å². The Hall–Kier alpha value is -2.59. The first-order valence-corrected chi connectivity index (χ1v) is 13.4.